The maximum atomic E-state index is 13.2. The van der Waals surface area contributed by atoms with Gasteiger partial charge in [-0.3, -0.25) is 9.69 Å². The van der Waals surface area contributed by atoms with Gasteiger partial charge in [0.25, 0.3) is 5.91 Å². The zero-order valence-corrected chi connectivity index (χ0v) is 29.0. The summed E-state index contributed by atoms with van der Waals surface area (Å²) in [6.07, 6.45) is -0.744. The van der Waals surface area contributed by atoms with Crippen molar-refractivity contribution in [1.29, 1.82) is 0 Å². The van der Waals surface area contributed by atoms with E-state index in [1.54, 1.807) is 19.1 Å². The third-order valence-corrected chi connectivity index (χ3v) is 16.0. The number of hydrogen-bond acceptors (Lipinski definition) is 6. The SMILES string of the molecule is CC(O)C(C[Si](C)(O[Si](C)(C)C)O[Si](C)(C)C)NC(=O)c1ccc(C#Cc2ccc(CN3CCOCC3)cc2)cc1. The van der Waals surface area contributed by atoms with Crippen LogP contribution >= 0.6 is 0 Å². The number of amides is 1. The van der Waals surface area contributed by atoms with Gasteiger partial charge in [-0.05, 0) is 94.7 Å². The van der Waals surface area contributed by atoms with Crippen LogP contribution in [-0.4, -0.2) is 79.6 Å². The van der Waals surface area contributed by atoms with E-state index in [1.807, 2.05) is 12.1 Å². The lowest BCUT2D eigenvalue weighted by Gasteiger charge is -2.40. The minimum absolute atomic E-state index is 0.233. The van der Waals surface area contributed by atoms with E-state index in [4.69, 9.17) is 13.0 Å². The predicted octanol–water partition coefficient (Wildman–Crippen LogP) is 5.17. The molecule has 0 aromatic heterocycles. The number of morpholine rings is 1. The molecule has 0 aliphatic carbocycles. The van der Waals surface area contributed by atoms with Crippen LogP contribution in [0.1, 0.15) is 34.0 Å². The van der Waals surface area contributed by atoms with E-state index in [0.717, 1.165) is 44.0 Å². The Balaban J connectivity index is 1.63. The van der Waals surface area contributed by atoms with E-state index in [1.165, 1.54) is 5.56 Å². The summed E-state index contributed by atoms with van der Waals surface area (Å²) in [5.74, 6) is 6.18. The number of nitrogens with zero attached hydrogens (tertiary/aromatic N) is 1. The lowest BCUT2D eigenvalue weighted by atomic mass is 10.1. The van der Waals surface area contributed by atoms with Crippen molar-refractivity contribution in [2.75, 3.05) is 26.3 Å². The molecule has 2 atom stereocenters. The standard InChI is InChI=1S/C31H48N2O5Si3/c1-25(34)30(24-41(8,37-39(2,3)4)38-40(5,6)7)32-31(35)29-17-15-27(16-18-29)10-9-26-11-13-28(14-12-26)23-33-19-21-36-22-20-33/h11-18,25,30,34H,19-24H2,1-8H3,(H,32,35). The zero-order valence-electron chi connectivity index (χ0n) is 26.0. The van der Waals surface area contributed by atoms with E-state index < -0.39 is 37.3 Å². The Kier molecular flexibility index (Phi) is 11.7. The van der Waals surface area contributed by atoms with Crippen molar-refractivity contribution >= 4 is 31.1 Å². The van der Waals surface area contributed by atoms with E-state index in [0.29, 0.717) is 11.6 Å². The fourth-order valence-electron chi connectivity index (χ4n) is 4.95. The summed E-state index contributed by atoms with van der Waals surface area (Å²) >= 11 is 0. The number of rotatable bonds is 11. The maximum absolute atomic E-state index is 13.2. The minimum atomic E-state index is -2.66. The number of hydrogen-bond donors (Lipinski definition) is 2. The Bertz CT molecular complexity index is 1170. The Hall–Kier alpha value is -2.08. The van der Waals surface area contributed by atoms with Crippen molar-refractivity contribution in [2.45, 2.75) is 77.5 Å². The minimum Gasteiger partial charge on any atom is -0.437 e. The number of nitrogens with one attached hydrogen (secondary N) is 1. The molecule has 2 aromatic carbocycles. The number of aliphatic hydroxyl groups excluding tert-OH is 1. The number of carbonyl (C=O) groups excluding carboxylic acids is 1. The van der Waals surface area contributed by atoms with Gasteiger partial charge in [-0.15, -0.1) is 0 Å². The number of carbonyl (C=O) groups is 1. The van der Waals surface area contributed by atoms with E-state index in [9.17, 15) is 9.90 Å². The second-order valence-corrected chi connectivity index (χ2v) is 25.8. The van der Waals surface area contributed by atoms with Crippen LogP contribution in [0.4, 0.5) is 0 Å². The molecule has 1 aliphatic rings. The van der Waals surface area contributed by atoms with E-state index >= 15 is 0 Å². The summed E-state index contributed by atoms with van der Waals surface area (Å²) in [6.45, 7) is 21.1. The van der Waals surface area contributed by atoms with Crippen molar-refractivity contribution in [3.05, 3.63) is 70.8 Å². The molecule has 3 rings (SSSR count). The summed E-state index contributed by atoms with van der Waals surface area (Å²) < 4.78 is 18.6. The third kappa shape index (κ3) is 12.0. The summed E-state index contributed by atoms with van der Waals surface area (Å²) in [6, 6.07) is 15.6. The second-order valence-electron chi connectivity index (χ2n) is 13.0. The highest BCUT2D eigenvalue weighted by Gasteiger charge is 2.43. The monoisotopic (exact) mass is 612 g/mol. The van der Waals surface area contributed by atoms with Crippen LogP contribution in [0, 0.1) is 11.8 Å². The molecular formula is C31H48N2O5Si3. The molecule has 2 unspecified atom stereocenters. The van der Waals surface area contributed by atoms with Gasteiger partial charge in [-0.25, -0.2) is 0 Å². The van der Waals surface area contributed by atoms with Gasteiger partial charge in [0.05, 0.1) is 25.4 Å². The van der Waals surface area contributed by atoms with Gasteiger partial charge in [0.15, 0.2) is 16.6 Å². The van der Waals surface area contributed by atoms with Crippen molar-refractivity contribution in [2.24, 2.45) is 0 Å². The molecular weight excluding hydrogens is 565 g/mol. The topological polar surface area (TPSA) is 80.3 Å². The van der Waals surface area contributed by atoms with Gasteiger partial charge in [0.2, 0.25) is 0 Å². The van der Waals surface area contributed by atoms with Crippen LogP contribution in [-0.2, 0) is 19.5 Å². The molecule has 1 aliphatic heterocycles. The van der Waals surface area contributed by atoms with Gasteiger partial charge in [0, 0.05) is 42.4 Å². The first-order chi connectivity index (χ1) is 19.1. The summed E-state index contributed by atoms with van der Waals surface area (Å²) in [4.78, 5) is 15.6. The van der Waals surface area contributed by atoms with Gasteiger partial charge < -0.3 is 23.4 Å². The molecule has 1 heterocycles. The van der Waals surface area contributed by atoms with Gasteiger partial charge >= 0.3 is 8.56 Å². The normalized spacial score (nSPS) is 16.4. The first kappa shape index (κ1) is 33.4. The lowest BCUT2D eigenvalue weighted by Crippen LogP contribution is -2.57. The third-order valence-electron chi connectivity index (χ3n) is 6.50. The highest BCUT2D eigenvalue weighted by Crippen LogP contribution is 2.26. The average Bonchev–Trinajstić information content (AvgIpc) is 2.86. The molecule has 1 fully saturated rings. The fourth-order valence-corrected chi connectivity index (χ4v) is 17.8. The first-order valence-corrected chi connectivity index (χ1v) is 23.9. The van der Waals surface area contributed by atoms with Crippen LogP contribution in [0.5, 0.6) is 0 Å². The van der Waals surface area contributed by atoms with Gasteiger partial charge in [0.1, 0.15) is 0 Å². The average molecular weight is 613 g/mol. The van der Waals surface area contributed by atoms with Crippen molar-refractivity contribution in [1.82, 2.24) is 10.2 Å². The van der Waals surface area contributed by atoms with Crippen LogP contribution in [0.3, 0.4) is 0 Å². The molecule has 0 spiro atoms. The molecule has 41 heavy (non-hydrogen) atoms. The number of benzene rings is 2. The number of ether oxygens (including phenoxy) is 1. The summed E-state index contributed by atoms with van der Waals surface area (Å²) in [7, 11) is -6.46. The molecule has 224 valence electrons. The van der Waals surface area contributed by atoms with Crippen LogP contribution in [0.2, 0.25) is 51.9 Å². The highest BCUT2D eigenvalue weighted by atomic mass is 28.5. The molecule has 10 heteroatoms. The van der Waals surface area contributed by atoms with Gasteiger partial charge in [-0.2, -0.15) is 0 Å². The molecule has 0 bridgehead atoms. The molecule has 2 N–H and O–H groups in total. The summed E-state index contributed by atoms with van der Waals surface area (Å²) in [5, 5.41) is 13.6. The molecule has 1 saturated heterocycles. The Morgan fingerprint density at radius 2 is 1.39 bits per heavy atom. The Morgan fingerprint density at radius 1 is 0.902 bits per heavy atom. The van der Waals surface area contributed by atoms with Crippen LogP contribution in [0.25, 0.3) is 0 Å². The second kappa shape index (κ2) is 14.4. The smallest absolute Gasteiger partial charge is 0.316 e. The van der Waals surface area contributed by atoms with Crippen molar-refractivity contribution in [3.63, 3.8) is 0 Å². The Labute approximate surface area is 250 Å². The molecule has 2 aromatic rings. The molecule has 0 saturated carbocycles. The van der Waals surface area contributed by atoms with Crippen molar-refractivity contribution in [3.8, 4) is 11.8 Å². The quantitative estimate of drug-likeness (QED) is 0.269. The Morgan fingerprint density at radius 3 is 1.85 bits per heavy atom. The van der Waals surface area contributed by atoms with E-state index in [-0.39, 0.29) is 5.91 Å². The molecule has 7 nitrogen and oxygen atoms in total. The largest absolute Gasteiger partial charge is 0.437 e. The predicted molar refractivity (Wildman–Crippen MR) is 173 cm³/mol. The summed E-state index contributed by atoms with van der Waals surface area (Å²) in [5.41, 5.74) is 3.57. The highest BCUT2D eigenvalue weighted by molar-refractivity contribution is 6.87. The molecule has 0 radical (unpaired) electrons. The van der Waals surface area contributed by atoms with Gasteiger partial charge in [-0.1, -0.05) is 24.0 Å². The van der Waals surface area contributed by atoms with Crippen LogP contribution < -0.4 is 5.32 Å². The zero-order chi connectivity index (χ0) is 30.3. The molecule has 1 amide bonds. The maximum Gasteiger partial charge on any atom is 0.316 e. The fraction of sp³-hybridized carbons (Fsp3) is 0.516. The van der Waals surface area contributed by atoms with Crippen LogP contribution in [0.15, 0.2) is 48.5 Å². The first-order valence-electron chi connectivity index (χ1n) is 14.5. The number of aliphatic hydroxyl groups is 1. The van der Waals surface area contributed by atoms with Crippen molar-refractivity contribution < 1.29 is 22.9 Å². The lowest BCUT2D eigenvalue weighted by molar-refractivity contribution is 0.0342. The van der Waals surface area contributed by atoms with E-state index in [2.05, 4.69) is 92.2 Å².